The normalized spacial score (nSPS) is 13.4. The quantitative estimate of drug-likeness (QED) is 0.302. The van der Waals surface area contributed by atoms with E-state index in [1.165, 1.54) is 25.3 Å². The van der Waals surface area contributed by atoms with E-state index in [1.807, 2.05) is 0 Å². The van der Waals surface area contributed by atoms with Gasteiger partial charge in [0.2, 0.25) is 0 Å². The maximum Gasteiger partial charge on any atom is 0.343 e. The Morgan fingerprint density at radius 3 is 2.27 bits per heavy atom. The van der Waals surface area contributed by atoms with Gasteiger partial charge in [-0.25, -0.2) is 9.69 Å². The summed E-state index contributed by atoms with van der Waals surface area (Å²) in [6.07, 6.45) is 0. The number of nitrogens with zero attached hydrogens (tertiary/aromatic N) is 1. The van der Waals surface area contributed by atoms with Crippen LogP contribution in [0.25, 0.3) is 0 Å². The molecular formula is C24H16Cl2N2O5. The Hall–Kier alpha value is -3.81. The lowest BCUT2D eigenvalue weighted by molar-refractivity contribution is -0.120. The highest BCUT2D eigenvalue weighted by Gasteiger charge is 2.39. The number of anilines is 2. The van der Waals surface area contributed by atoms with Gasteiger partial charge in [0.1, 0.15) is 22.2 Å². The number of imide groups is 1. The van der Waals surface area contributed by atoms with Gasteiger partial charge in [-0.3, -0.25) is 9.59 Å². The van der Waals surface area contributed by atoms with Crippen molar-refractivity contribution < 1.29 is 23.9 Å². The number of rotatable bonds is 6. The number of carbonyl (C=O) groups is 3. The third-order valence-electron chi connectivity index (χ3n) is 4.74. The summed E-state index contributed by atoms with van der Waals surface area (Å²) < 4.78 is 10.4. The lowest BCUT2D eigenvalue weighted by Crippen LogP contribution is -2.32. The number of halogens is 2. The van der Waals surface area contributed by atoms with Gasteiger partial charge in [0.05, 0.1) is 18.4 Å². The number of ether oxygens (including phenoxy) is 2. The second kappa shape index (κ2) is 9.36. The van der Waals surface area contributed by atoms with Crippen LogP contribution in [0.2, 0.25) is 5.02 Å². The van der Waals surface area contributed by atoms with Crippen molar-refractivity contribution in [2.75, 3.05) is 17.3 Å². The molecule has 3 aromatic carbocycles. The number of hydrogen-bond donors (Lipinski definition) is 1. The monoisotopic (exact) mass is 482 g/mol. The lowest BCUT2D eigenvalue weighted by Gasteiger charge is -2.16. The third kappa shape index (κ3) is 4.69. The van der Waals surface area contributed by atoms with Gasteiger partial charge in [-0.1, -0.05) is 35.3 Å². The number of benzene rings is 3. The van der Waals surface area contributed by atoms with Crippen LogP contribution in [0.1, 0.15) is 10.4 Å². The third-order valence-corrected chi connectivity index (χ3v) is 5.32. The van der Waals surface area contributed by atoms with Crippen LogP contribution in [0.15, 0.2) is 83.5 Å². The number of carbonyl (C=O) groups excluding carboxylic acids is 3. The zero-order chi connectivity index (χ0) is 23.5. The van der Waals surface area contributed by atoms with Crippen LogP contribution in [0.5, 0.6) is 11.5 Å². The smallest absolute Gasteiger partial charge is 0.343 e. The Morgan fingerprint density at radius 2 is 1.58 bits per heavy atom. The van der Waals surface area contributed by atoms with E-state index in [0.717, 1.165) is 4.90 Å². The minimum Gasteiger partial charge on any atom is -0.497 e. The molecule has 0 saturated carbocycles. The first-order chi connectivity index (χ1) is 15.9. The van der Waals surface area contributed by atoms with Crippen molar-refractivity contribution >= 4 is 52.4 Å². The molecule has 166 valence electrons. The van der Waals surface area contributed by atoms with Crippen LogP contribution < -0.4 is 19.7 Å². The van der Waals surface area contributed by atoms with Crippen molar-refractivity contribution in [3.05, 3.63) is 94.1 Å². The fraction of sp³-hybridized carbons (Fsp3) is 0.0417. The first-order valence-electron chi connectivity index (χ1n) is 9.65. The van der Waals surface area contributed by atoms with Crippen LogP contribution in [-0.4, -0.2) is 24.9 Å². The molecule has 0 atom stereocenters. The molecule has 33 heavy (non-hydrogen) atoms. The highest BCUT2D eigenvalue weighted by molar-refractivity contribution is 6.53. The average molecular weight is 483 g/mol. The number of esters is 1. The van der Waals surface area contributed by atoms with E-state index in [1.54, 1.807) is 54.6 Å². The maximum absolute atomic E-state index is 12.9. The molecule has 0 saturated heterocycles. The molecule has 0 aliphatic carbocycles. The predicted molar refractivity (Wildman–Crippen MR) is 125 cm³/mol. The average Bonchev–Trinajstić information content (AvgIpc) is 3.02. The van der Waals surface area contributed by atoms with Crippen molar-refractivity contribution in [2.45, 2.75) is 0 Å². The Labute approximate surface area is 199 Å². The zero-order valence-corrected chi connectivity index (χ0v) is 18.7. The van der Waals surface area contributed by atoms with Gasteiger partial charge in [0.25, 0.3) is 11.8 Å². The molecule has 0 aromatic heterocycles. The maximum atomic E-state index is 12.9. The van der Waals surface area contributed by atoms with Crippen molar-refractivity contribution in [1.82, 2.24) is 0 Å². The molecule has 1 aliphatic rings. The van der Waals surface area contributed by atoms with E-state index in [0.29, 0.717) is 27.9 Å². The number of amides is 2. The van der Waals surface area contributed by atoms with Crippen LogP contribution in [0.4, 0.5) is 11.4 Å². The fourth-order valence-corrected chi connectivity index (χ4v) is 3.52. The summed E-state index contributed by atoms with van der Waals surface area (Å²) in [5.74, 6) is -1.02. The van der Waals surface area contributed by atoms with Crippen LogP contribution in [0, 0.1) is 0 Å². The molecule has 9 heteroatoms. The summed E-state index contributed by atoms with van der Waals surface area (Å²) in [6.45, 7) is 0. The first-order valence-corrected chi connectivity index (χ1v) is 10.4. The topological polar surface area (TPSA) is 84.9 Å². The molecule has 4 rings (SSSR count). The summed E-state index contributed by atoms with van der Waals surface area (Å²) in [5, 5.41) is 3.06. The van der Waals surface area contributed by atoms with Gasteiger partial charge in [0.15, 0.2) is 0 Å². The first kappa shape index (κ1) is 22.4. The van der Waals surface area contributed by atoms with Crippen molar-refractivity contribution in [1.29, 1.82) is 0 Å². The summed E-state index contributed by atoms with van der Waals surface area (Å²) >= 11 is 12.1. The Bertz CT molecular complexity index is 1290. The Kier molecular flexibility index (Phi) is 6.35. The van der Waals surface area contributed by atoms with Crippen LogP contribution in [0.3, 0.4) is 0 Å². The van der Waals surface area contributed by atoms with E-state index >= 15 is 0 Å². The fourth-order valence-electron chi connectivity index (χ4n) is 3.13. The second-order valence-electron chi connectivity index (χ2n) is 6.89. The Morgan fingerprint density at radius 1 is 0.879 bits per heavy atom. The van der Waals surface area contributed by atoms with Crippen molar-refractivity contribution in [2.24, 2.45) is 0 Å². The van der Waals surface area contributed by atoms with Crippen molar-refractivity contribution in [3.8, 4) is 11.5 Å². The number of hydrogen-bond acceptors (Lipinski definition) is 6. The largest absolute Gasteiger partial charge is 0.497 e. The van der Waals surface area contributed by atoms with Crippen LogP contribution in [-0.2, 0) is 9.59 Å². The SMILES string of the molecule is COc1cccc(N2C(=O)C(Cl)=C(Nc3ccc(C(=O)Oc4cccc(Cl)c4)cc3)C2=O)c1. The van der Waals surface area contributed by atoms with Gasteiger partial charge in [-0.2, -0.15) is 0 Å². The summed E-state index contributed by atoms with van der Waals surface area (Å²) in [7, 11) is 1.49. The predicted octanol–water partition coefficient (Wildman–Crippen LogP) is 5.00. The minimum absolute atomic E-state index is 0.0706. The molecule has 7 nitrogen and oxygen atoms in total. The molecule has 1 heterocycles. The highest BCUT2D eigenvalue weighted by atomic mass is 35.5. The molecule has 3 aromatic rings. The van der Waals surface area contributed by atoms with Gasteiger partial charge in [0, 0.05) is 16.8 Å². The van der Waals surface area contributed by atoms with Crippen molar-refractivity contribution in [3.63, 3.8) is 0 Å². The molecule has 0 radical (unpaired) electrons. The molecule has 0 spiro atoms. The molecule has 0 bridgehead atoms. The Balaban J connectivity index is 1.48. The van der Waals surface area contributed by atoms with E-state index in [4.69, 9.17) is 32.7 Å². The second-order valence-corrected chi connectivity index (χ2v) is 7.70. The highest BCUT2D eigenvalue weighted by Crippen LogP contribution is 2.31. The molecule has 1 N–H and O–H groups in total. The van der Waals surface area contributed by atoms with E-state index in [9.17, 15) is 14.4 Å². The number of nitrogens with one attached hydrogen (secondary N) is 1. The van der Waals surface area contributed by atoms with E-state index in [-0.39, 0.29) is 16.3 Å². The molecule has 1 aliphatic heterocycles. The van der Waals surface area contributed by atoms with Gasteiger partial charge < -0.3 is 14.8 Å². The molecule has 0 fully saturated rings. The van der Waals surface area contributed by atoms with Gasteiger partial charge in [-0.05, 0) is 54.6 Å². The van der Waals surface area contributed by atoms with Crippen LogP contribution >= 0.6 is 23.2 Å². The van der Waals surface area contributed by atoms with E-state index in [2.05, 4.69) is 5.32 Å². The molecular weight excluding hydrogens is 467 g/mol. The number of methoxy groups -OCH3 is 1. The molecule has 0 unspecified atom stereocenters. The van der Waals surface area contributed by atoms with Gasteiger partial charge in [-0.15, -0.1) is 0 Å². The van der Waals surface area contributed by atoms with Gasteiger partial charge >= 0.3 is 5.97 Å². The molecule has 2 amide bonds. The zero-order valence-electron chi connectivity index (χ0n) is 17.2. The standard InChI is InChI=1S/C24H16Cl2N2O5/c1-32-18-6-3-5-17(13-18)28-22(29)20(26)21(23(28)30)27-16-10-8-14(9-11-16)24(31)33-19-7-2-4-15(25)12-19/h2-13,27H,1H3. The summed E-state index contributed by atoms with van der Waals surface area (Å²) in [5.41, 5.74) is 1.00. The van der Waals surface area contributed by atoms with E-state index < -0.39 is 17.8 Å². The lowest BCUT2D eigenvalue weighted by atomic mass is 10.2. The summed E-state index contributed by atoms with van der Waals surface area (Å²) in [4.78, 5) is 38.8. The summed E-state index contributed by atoms with van der Waals surface area (Å²) in [6, 6.07) is 19.2. The minimum atomic E-state index is -0.654.